The van der Waals surface area contributed by atoms with Crippen LogP contribution in [0.25, 0.3) is 0 Å². The summed E-state index contributed by atoms with van der Waals surface area (Å²) in [7, 11) is 0. The van der Waals surface area contributed by atoms with Crippen LogP contribution in [0.3, 0.4) is 0 Å². The van der Waals surface area contributed by atoms with E-state index < -0.39 is 0 Å². The zero-order valence-electron chi connectivity index (χ0n) is 13.3. The van der Waals surface area contributed by atoms with Gasteiger partial charge in [0.25, 0.3) is 0 Å². The third kappa shape index (κ3) is 4.05. The van der Waals surface area contributed by atoms with Crippen LogP contribution < -0.4 is 10.1 Å². The lowest BCUT2D eigenvalue weighted by Crippen LogP contribution is -2.18. The average Bonchev–Trinajstić information content (AvgIpc) is 2.47. The fourth-order valence-electron chi connectivity index (χ4n) is 2.37. The van der Waals surface area contributed by atoms with Crippen LogP contribution >= 0.6 is 0 Å². The van der Waals surface area contributed by atoms with E-state index in [9.17, 15) is 0 Å². The van der Waals surface area contributed by atoms with E-state index >= 15 is 0 Å². The molecule has 1 unspecified atom stereocenters. The molecule has 0 amide bonds. The number of nitrogens with zero attached hydrogens (tertiary/aromatic N) is 1. The molecule has 21 heavy (non-hydrogen) atoms. The van der Waals surface area contributed by atoms with Crippen LogP contribution in [0.4, 0.5) is 0 Å². The molecule has 1 N–H and O–H groups in total. The second kappa shape index (κ2) is 7.23. The Morgan fingerprint density at radius 3 is 2.76 bits per heavy atom. The number of nitrogens with one attached hydrogen (secondary N) is 1. The predicted molar refractivity (Wildman–Crippen MR) is 86.6 cm³/mol. The first kappa shape index (κ1) is 15.5. The number of ether oxygens (including phenoxy) is 1. The zero-order chi connectivity index (χ0) is 15.2. The molecule has 3 heteroatoms. The average molecular weight is 284 g/mol. The lowest BCUT2D eigenvalue weighted by Gasteiger charge is -2.18. The van der Waals surface area contributed by atoms with Crippen molar-refractivity contribution in [3.05, 3.63) is 58.9 Å². The monoisotopic (exact) mass is 284 g/mol. The fraction of sp³-hybridized carbons (Fsp3) is 0.389. The van der Waals surface area contributed by atoms with Gasteiger partial charge < -0.3 is 10.1 Å². The Morgan fingerprint density at radius 1 is 1.24 bits per heavy atom. The molecule has 2 aromatic rings. The molecule has 112 valence electrons. The van der Waals surface area contributed by atoms with E-state index in [0.29, 0.717) is 6.61 Å². The van der Waals surface area contributed by atoms with Crippen molar-refractivity contribution in [1.29, 1.82) is 0 Å². The minimum absolute atomic E-state index is 0.273. The molecule has 0 aliphatic carbocycles. The molecule has 0 aliphatic rings. The Balaban J connectivity index is 2.18. The molecule has 1 aromatic carbocycles. The maximum atomic E-state index is 6.02. The van der Waals surface area contributed by atoms with Crippen molar-refractivity contribution < 1.29 is 4.74 Å². The minimum Gasteiger partial charge on any atom is -0.487 e. The zero-order valence-corrected chi connectivity index (χ0v) is 13.3. The van der Waals surface area contributed by atoms with Gasteiger partial charge in [0, 0.05) is 17.8 Å². The molecular formula is C18H24N2O. The summed E-state index contributed by atoms with van der Waals surface area (Å²) in [6, 6.07) is 10.6. The molecule has 2 rings (SSSR count). The standard InChI is InChI=1S/C18H24N2O/c1-5-19-15(4)16-11-13(2)8-9-18(16)21-12-17-14(3)7-6-10-20-17/h6-11,15,19H,5,12H2,1-4H3. The summed E-state index contributed by atoms with van der Waals surface area (Å²) in [5, 5.41) is 3.44. The normalized spacial score (nSPS) is 12.2. The molecular weight excluding hydrogens is 260 g/mol. The number of pyridine rings is 1. The molecule has 0 saturated heterocycles. The van der Waals surface area contributed by atoms with Gasteiger partial charge in [-0.3, -0.25) is 4.98 Å². The van der Waals surface area contributed by atoms with Gasteiger partial charge in [-0.2, -0.15) is 0 Å². The van der Waals surface area contributed by atoms with Crippen molar-refractivity contribution in [3.8, 4) is 5.75 Å². The van der Waals surface area contributed by atoms with Gasteiger partial charge >= 0.3 is 0 Å². The van der Waals surface area contributed by atoms with E-state index in [-0.39, 0.29) is 6.04 Å². The van der Waals surface area contributed by atoms with Crippen molar-refractivity contribution in [2.24, 2.45) is 0 Å². The Morgan fingerprint density at radius 2 is 2.05 bits per heavy atom. The summed E-state index contributed by atoms with van der Waals surface area (Å²) >= 11 is 0. The quantitative estimate of drug-likeness (QED) is 0.872. The first-order valence-electron chi connectivity index (χ1n) is 7.49. The van der Waals surface area contributed by atoms with E-state index in [0.717, 1.165) is 23.6 Å². The number of hydrogen-bond acceptors (Lipinski definition) is 3. The summed E-state index contributed by atoms with van der Waals surface area (Å²) in [6.07, 6.45) is 1.81. The van der Waals surface area contributed by atoms with Crippen LogP contribution in [-0.4, -0.2) is 11.5 Å². The molecule has 0 bridgehead atoms. The minimum atomic E-state index is 0.273. The van der Waals surface area contributed by atoms with Gasteiger partial charge in [0.1, 0.15) is 12.4 Å². The molecule has 1 heterocycles. The molecule has 0 radical (unpaired) electrons. The highest BCUT2D eigenvalue weighted by atomic mass is 16.5. The number of aryl methyl sites for hydroxylation is 2. The third-order valence-electron chi connectivity index (χ3n) is 3.62. The Labute approximate surface area is 127 Å². The third-order valence-corrected chi connectivity index (χ3v) is 3.62. The summed E-state index contributed by atoms with van der Waals surface area (Å²) in [5.74, 6) is 0.930. The summed E-state index contributed by atoms with van der Waals surface area (Å²) < 4.78 is 6.02. The van der Waals surface area contributed by atoms with E-state index in [4.69, 9.17) is 4.74 Å². The molecule has 0 fully saturated rings. The lowest BCUT2D eigenvalue weighted by atomic mass is 10.0. The number of rotatable bonds is 6. The Bertz CT molecular complexity index is 596. The van der Waals surface area contributed by atoms with Gasteiger partial charge in [0.15, 0.2) is 0 Å². The summed E-state index contributed by atoms with van der Waals surface area (Å²) in [5.41, 5.74) is 4.59. The van der Waals surface area contributed by atoms with E-state index in [1.807, 2.05) is 12.3 Å². The molecule has 1 aromatic heterocycles. The van der Waals surface area contributed by atoms with Crippen LogP contribution in [0, 0.1) is 13.8 Å². The van der Waals surface area contributed by atoms with Crippen molar-refractivity contribution in [2.75, 3.05) is 6.54 Å². The smallest absolute Gasteiger partial charge is 0.130 e. The van der Waals surface area contributed by atoms with Crippen LogP contribution in [-0.2, 0) is 6.61 Å². The first-order valence-corrected chi connectivity index (χ1v) is 7.49. The van der Waals surface area contributed by atoms with Crippen LogP contribution in [0.1, 0.15) is 42.3 Å². The Kier molecular flexibility index (Phi) is 5.34. The molecule has 0 aliphatic heterocycles. The van der Waals surface area contributed by atoms with Gasteiger partial charge in [-0.15, -0.1) is 0 Å². The Hall–Kier alpha value is -1.87. The van der Waals surface area contributed by atoms with Crippen molar-refractivity contribution in [2.45, 2.75) is 40.3 Å². The molecule has 0 spiro atoms. The topological polar surface area (TPSA) is 34.1 Å². The van der Waals surface area contributed by atoms with Gasteiger partial charge in [0.2, 0.25) is 0 Å². The van der Waals surface area contributed by atoms with Crippen molar-refractivity contribution in [3.63, 3.8) is 0 Å². The maximum absolute atomic E-state index is 6.02. The SMILES string of the molecule is CCNC(C)c1cc(C)ccc1OCc1ncccc1C. The van der Waals surface area contributed by atoms with Crippen LogP contribution in [0.15, 0.2) is 36.5 Å². The van der Waals surface area contributed by atoms with Gasteiger partial charge in [-0.1, -0.05) is 30.7 Å². The molecule has 1 atom stereocenters. The van der Waals surface area contributed by atoms with Crippen molar-refractivity contribution >= 4 is 0 Å². The number of hydrogen-bond donors (Lipinski definition) is 1. The summed E-state index contributed by atoms with van der Waals surface area (Å²) in [4.78, 5) is 4.38. The number of aromatic nitrogens is 1. The lowest BCUT2D eigenvalue weighted by molar-refractivity contribution is 0.294. The number of benzene rings is 1. The van der Waals surface area contributed by atoms with Crippen LogP contribution in [0.5, 0.6) is 5.75 Å². The fourth-order valence-corrected chi connectivity index (χ4v) is 2.37. The predicted octanol–water partition coefficient (Wildman–Crippen LogP) is 3.95. The van der Waals surface area contributed by atoms with Crippen molar-refractivity contribution in [1.82, 2.24) is 10.3 Å². The van der Waals surface area contributed by atoms with Crippen LogP contribution in [0.2, 0.25) is 0 Å². The van der Waals surface area contributed by atoms with Gasteiger partial charge in [-0.05, 0) is 45.0 Å². The highest BCUT2D eigenvalue weighted by Gasteiger charge is 2.12. The van der Waals surface area contributed by atoms with E-state index in [2.05, 4.69) is 62.3 Å². The van der Waals surface area contributed by atoms with E-state index in [1.165, 1.54) is 11.1 Å². The highest BCUT2D eigenvalue weighted by Crippen LogP contribution is 2.27. The maximum Gasteiger partial charge on any atom is 0.130 e. The van der Waals surface area contributed by atoms with Gasteiger partial charge in [0.05, 0.1) is 5.69 Å². The molecule has 0 saturated carbocycles. The highest BCUT2D eigenvalue weighted by molar-refractivity contribution is 5.39. The van der Waals surface area contributed by atoms with Gasteiger partial charge in [-0.25, -0.2) is 0 Å². The second-order valence-corrected chi connectivity index (χ2v) is 5.38. The second-order valence-electron chi connectivity index (χ2n) is 5.38. The largest absolute Gasteiger partial charge is 0.487 e. The first-order chi connectivity index (χ1) is 10.1. The summed E-state index contributed by atoms with van der Waals surface area (Å²) in [6.45, 7) is 9.88. The molecule has 3 nitrogen and oxygen atoms in total. The van der Waals surface area contributed by atoms with E-state index in [1.54, 1.807) is 0 Å².